The molecule has 0 atom stereocenters. The Hall–Kier alpha value is -6.13. The van der Waals surface area contributed by atoms with Crippen molar-refractivity contribution in [3.8, 4) is 67.4 Å². The summed E-state index contributed by atoms with van der Waals surface area (Å²) in [6.45, 7) is 0.150. The molecule has 0 unspecified atom stereocenters. The molecule has 6 aromatic carbocycles. The van der Waals surface area contributed by atoms with Crippen LogP contribution in [0.1, 0.15) is 0 Å². The van der Waals surface area contributed by atoms with E-state index in [0.29, 0.717) is 0 Å². The molecule has 3 heterocycles. The van der Waals surface area contributed by atoms with Crippen molar-refractivity contribution in [2.75, 3.05) is 6.79 Å². The Morgan fingerprint density at radius 3 is 1.57 bits per heavy atom. The summed E-state index contributed by atoms with van der Waals surface area (Å²) in [5.74, 6) is 1.58. The van der Waals surface area contributed by atoms with E-state index in [9.17, 15) is 0 Å². The average molecular weight is 594 g/mol. The molecule has 0 aliphatic carbocycles. The van der Waals surface area contributed by atoms with Gasteiger partial charge in [-0.05, 0) is 76.9 Å². The summed E-state index contributed by atoms with van der Waals surface area (Å²) in [6, 6.07) is 52.3. The summed E-state index contributed by atoms with van der Waals surface area (Å²) < 4.78 is 18.3. The molecule has 4 nitrogen and oxygen atoms in total. The Balaban J connectivity index is 1.18. The number of para-hydroxylation sites is 1. The number of nitrogens with zero attached hydrogens (tertiary/aromatic N) is 1. The standard InChI is InChI=1S/C42H27NO3/c1-3-9-27(10-4-1)37-24-32(25-38(43-37)28-11-5-2-6-12-28)31-16-19-40-36(23-31)35-22-29(15-18-39(35)44-26-45-40)30-17-20-42-34(21-30)33-13-7-8-14-41(33)46-42/h1-25H,26H2. The van der Waals surface area contributed by atoms with Crippen LogP contribution in [0.5, 0.6) is 11.5 Å². The van der Waals surface area contributed by atoms with Gasteiger partial charge in [0.25, 0.3) is 0 Å². The molecular formula is C42H27NO3. The third-order valence-corrected chi connectivity index (χ3v) is 8.69. The number of hydrogen-bond donors (Lipinski definition) is 0. The van der Waals surface area contributed by atoms with E-state index in [-0.39, 0.29) is 6.79 Å². The summed E-state index contributed by atoms with van der Waals surface area (Å²) in [6.07, 6.45) is 0. The predicted molar refractivity (Wildman–Crippen MR) is 185 cm³/mol. The Morgan fingerprint density at radius 1 is 0.391 bits per heavy atom. The van der Waals surface area contributed by atoms with Crippen LogP contribution in [0.4, 0.5) is 0 Å². The number of rotatable bonds is 4. The minimum Gasteiger partial charge on any atom is -0.457 e. The zero-order chi connectivity index (χ0) is 30.5. The zero-order valence-electron chi connectivity index (χ0n) is 24.8. The maximum atomic E-state index is 6.10. The molecule has 0 saturated carbocycles. The number of fused-ring (bicyclic) bond motifs is 6. The highest BCUT2D eigenvalue weighted by Gasteiger charge is 2.20. The molecule has 0 saturated heterocycles. The van der Waals surface area contributed by atoms with E-state index in [4.69, 9.17) is 18.9 Å². The molecule has 8 aromatic rings. The van der Waals surface area contributed by atoms with E-state index in [1.807, 2.05) is 66.7 Å². The smallest absolute Gasteiger partial charge is 0.230 e. The van der Waals surface area contributed by atoms with Gasteiger partial charge in [-0.25, -0.2) is 4.98 Å². The Kier molecular flexibility index (Phi) is 6.17. The minimum absolute atomic E-state index is 0.150. The van der Waals surface area contributed by atoms with Crippen LogP contribution in [-0.2, 0) is 0 Å². The maximum absolute atomic E-state index is 6.10. The van der Waals surface area contributed by atoms with Crippen molar-refractivity contribution in [2.24, 2.45) is 0 Å². The SMILES string of the molecule is c1ccc(-c2cc(-c3ccc4c(c3)-c3cc(-c5ccc6oc7ccccc7c6c5)ccc3OCO4)cc(-c3ccccc3)n2)cc1. The molecule has 0 amide bonds. The van der Waals surface area contributed by atoms with E-state index in [2.05, 4.69) is 84.9 Å². The normalized spacial score (nSPS) is 12.2. The van der Waals surface area contributed by atoms with Crippen LogP contribution in [-0.4, -0.2) is 11.8 Å². The van der Waals surface area contributed by atoms with Crippen LogP contribution in [0.15, 0.2) is 156 Å². The van der Waals surface area contributed by atoms with Crippen LogP contribution in [0.3, 0.4) is 0 Å². The Labute approximate surface area is 266 Å². The van der Waals surface area contributed by atoms with Crippen LogP contribution < -0.4 is 9.47 Å². The lowest BCUT2D eigenvalue weighted by atomic mass is 9.93. The van der Waals surface area contributed by atoms with E-state index in [0.717, 1.165) is 89.3 Å². The second-order valence-electron chi connectivity index (χ2n) is 11.5. The first-order valence-corrected chi connectivity index (χ1v) is 15.4. The fourth-order valence-electron chi connectivity index (χ4n) is 6.36. The molecule has 46 heavy (non-hydrogen) atoms. The molecule has 0 bridgehead atoms. The third kappa shape index (κ3) is 4.59. The quantitative estimate of drug-likeness (QED) is 0.204. The van der Waals surface area contributed by atoms with Crippen LogP contribution in [0.25, 0.3) is 77.8 Å². The minimum atomic E-state index is 0.150. The molecule has 9 rings (SSSR count). The van der Waals surface area contributed by atoms with Crippen molar-refractivity contribution in [3.63, 3.8) is 0 Å². The van der Waals surface area contributed by atoms with Crippen molar-refractivity contribution >= 4 is 21.9 Å². The van der Waals surface area contributed by atoms with Crippen LogP contribution >= 0.6 is 0 Å². The zero-order valence-corrected chi connectivity index (χ0v) is 24.8. The molecule has 0 radical (unpaired) electrons. The van der Waals surface area contributed by atoms with Gasteiger partial charge in [-0.15, -0.1) is 0 Å². The molecular weight excluding hydrogens is 566 g/mol. The van der Waals surface area contributed by atoms with Crippen LogP contribution in [0.2, 0.25) is 0 Å². The first kappa shape index (κ1) is 26.3. The van der Waals surface area contributed by atoms with Gasteiger partial charge in [0, 0.05) is 33.0 Å². The molecule has 0 spiro atoms. The average Bonchev–Trinajstić information content (AvgIpc) is 3.40. The van der Waals surface area contributed by atoms with Gasteiger partial charge in [0.15, 0.2) is 0 Å². The largest absolute Gasteiger partial charge is 0.457 e. The molecule has 0 N–H and O–H groups in total. The van der Waals surface area contributed by atoms with E-state index < -0.39 is 0 Å². The van der Waals surface area contributed by atoms with Crippen molar-refractivity contribution in [3.05, 3.63) is 152 Å². The van der Waals surface area contributed by atoms with Gasteiger partial charge < -0.3 is 13.9 Å². The predicted octanol–water partition coefficient (Wildman–Crippen LogP) is 11.0. The van der Waals surface area contributed by atoms with Crippen molar-refractivity contribution < 1.29 is 13.9 Å². The molecule has 1 aliphatic rings. The molecule has 0 fully saturated rings. The van der Waals surface area contributed by atoms with E-state index in [1.54, 1.807) is 0 Å². The third-order valence-electron chi connectivity index (χ3n) is 8.69. The Bertz CT molecular complexity index is 2340. The number of furan rings is 1. The van der Waals surface area contributed by atoms with Crippen molar-refractivity contribution in [1.82, 2.24) is 4.98 Å². The lowest BCUT2D eigenvalue weighted by Gasteiger charge is -2.14. The number of pyridine rings is 1. The number of hydrogen-bond acceptors (Lipinski definition) is 4. The number of ether oxygens (including phenoxy) is 2. The summed E-state index contributed by atoms with van der Waals surface area (Å²) >= 11 is 0. The highest BCUT2D eigenvalue weighted by atomic mass is 16.7. The van der Waals surface area contributed by atoms with Gasteiger partial charge in [-0.1, -0.05) is 97.1 Å². The Morgan fingerprint density at radius 2 is 0.913 bits per heavy atom. The first-order chi connectivity index (χ1) is 22.8. The highest BCUT2D eigenvalue weighted by Crippen LogP contribution is 2.44. The monoisotopic (exact) mass is 593 g/mol. The van der Waals surface area contributed by atoms with Crippen molar-refractivity contribution in [2.45, 2.75) is 0 Å². The van der Waals surface area contributed by atoms with Gasteiger partial charge in [-0.2, -0.15) is 0 Å². The van der Waals surface area contributed by atoms with E-state index >= 15 is 0 Å². The summed E-state index contributed by atoms with van der Waals surface area (Å²) in [5, 5.41) is 2.22. The molecule has 1 aliphatic heterocycles. The van der Waals surface area contributed by atoms with E-state index in [1.165, 1.54) is 0 Å². The summed E-state index contributed by atoms with van der Waals surface area (Å²) in [4.78, 5) is 5.07. The summed E-state index contributed by atoms with van der Waals surface area (Å²) in [7, 11) is 0. The molecule has 4 heteroatoms. The van der Waals surface area contributed by atoms with Gasteiger partial charge in [0.2, 0.25) is 6.79 Å². The maximum Gasteiger partial charge on any atom is 0.230 e. The molecule has 2 aromatic heterocycles. The molecule has 218 valence electrons. The van der Waals surface area contributed by atoms with Crippen molar-refractivity contribution in [1.29, 1.82) is 0 Å². The summed E-state index contributed by atoms with van der Waals surface area (Å²) in [5.41, 5.74) is 12.1. The highest BCUT2D eigenvalue weighted by molar-refractivity contribution is 6.06. The number of aromatic nitrogens is 1. The lowest BCUT2D eigenvalue weighted by molar-refractivity contribution is 0.125. The first-order valence-electron chi connectivity index (χ1n) is 15.4. The second kappa shape index (κ2) is 10.8. The fourth-order valence-corrected chi connectivity index (χ4v) is 6.36. The van der Waals surface area contributed by atoms with Crippen LogP contribution in [0, 0.1) is 0 Å². The van der Waals surface area contributed by atoms with Gasteiger partial charge >= 0.3 is 0 Å². The topological polar surface area (TPSA) is 44.5 Å². The van der Waals surface area contributed by atoms with Gasteiger partial charge in [0.1, 0.15) is 22.7 Å². The van der Waals surface area contributed by atoms with Gasteiger partial charge in [0.05, 0.1) is 11.4 Å². The second-order valence-corrected chi connectivity index (χ2v) is 11.5. The fraction of sp³-hybridized carbons (Fsp3) is 0.0238. The van der Waals surface area contributed by atoms with Gasteiger partial charge in [-0.3, -0.25) is 0 Å². The lowest BCUT2D eigenvalue weighted by Crippen LogP contribution is -2.03. The number of benzene rings is 6.